The van der Waals surface area contributed by atoms with Crippen molar-refractivity contribution in [3.8, 4) is 6.07 Å². The van der Waals surface area contributed by atoms with Crippen molar-refractivity contribution in [2.45, 2.75) is 19.8 Å². The number of hydrogen-bond acceptors (Lipinski definition) is 3. The number of para-hydroxylation sites is 1. The molecule has 4 heteroatoms. The van der Waals surface area contributed by atoms with Crippen molar-refractivity contribution in [1.29, 1.82) is 5.26 Å². The van der Waals surface area contributed by atoms with E-state index in [2.05, 4.69) is 16.0 Å². The maximum absolute atomic E-state index is 8.80. The van der Waals surface area contributed by atoms with E-state index in [1.54, 1.807) is 0 Å². The Kier molecular flexibility index (Phi) is 3.92. The van der Waals surface area contributed by atoms with Gasteiger partial charge in [-0.25, -0.2) is 0 Å². The summed E-state index contributed by atoms with van der Waals surface area (Å²) in [7, 11) is 4.01. The van der Waals surface area contributed by atoms with Crippen molar-refractivity contribution in [3.63, 3.8) is 0 Å². The van der Waals surface area contributed by atoms with Crippen LogP contribution in [0.25, 0.3) is 10.9 Å². The molecule has 3 nitrogen and oxygen atoms in total. The van der Waals surface area contributed by atoms with Gasteiger partial charge in [-0.2, -0.15) is 5.26 Å². The first-order valence-corrected chi connectivity index (χ1v) is 6.56. The van der Waals surface area contributed by atoms with Crippen LogP contribution in [0.2, 0.25) is 5.02 Å². The van der Waals surface area contributed by atoms with E-state index in [4.69, 9.17) is 16.9 Å². The summed E-state index contributed by atoms with van der Waals surface area (Å²) in [6.45, 7) is 1.97. The minimum Gasteiger partial charge on any atom is -0.377 e. The van der Waals surface area contributed by atoms with Crippen LogP contribution in [0.3, 0.4) is 0 Å². The average molecular weight is 274 g/mol. The molecule has 0 N–H and O–H groups in total. The lowest BCUT2D eigenvalue weighted by Crippen LogP contribution is -2.14. The van der Waals surface area contributed by atoms with Crippen molar-refractivity contribution in [2.24, 2.45) is 0 Å². The van der Waals surface area contributed by atoms with Crippen LogP contribution >= 0.6 is 11.6 Å². The number of benzene rings is 1. The Labute approximate surface area is 118 Å². The molecule has 0 unspecified atom stereocenters. The molecule has 0 amide bonds. The Morgan fingerprint density at radius 2 is 2.11 bits per heavy atom. The number of rotatable bonds is 3. The summed E-state index contributed by atoms with van der Waals surface area (Å²) < 4.78 is 0. The van der Waals surface area contributed by atoms with Gasteiger partial charge >= 0.3 is 0 Å². The normalized spacial score (nSPS) is 10.5. The number of nitriles is 1. The van der Waals surface area contributed by atoms with Crippen molar-refractivity contribution < 1.29 is 0 Å². The van der Waals surface area contributed by atoms with Crippen LogP contribution in [0.15, 0.2) is 18.2 Å². The van der Waals surface area contributed by atoms with E-state index in [1.807, 2.05) is 39.2 Å². The average Bonchev–Trinajstić information content (AvgIpc) is 2.36. The highest BCUT2D eigenvalue weighted by molar-refractivity contribution is 6.35. The van der Waals surface area contributed by atoms with Crippen LogP contribution in [-0.4, -0.2) is 19.1 Å². The van der Waals surface area contributed by atoms with Gasteiger partial charge in [0.05, 0.1) is 22.3 Å². The number of aryl methyl sites for hydroxylation is 1. The molecule has 0 aliphatic heterocycles. The van der Waals surface area contributed by atoms with Crippen molar-refractivity contribution in [2.75, 3.05) is 19.0 Å². The number of anilines is 1. The van der Waals surface area contributed by atoms with Gasteiger partial charge in [-0.05, 0) is 25.0 Å². The Balaban J connectivity index is 2.78. The Morgan fingerprint density at radius 3 is 2.74 bits per heavy atom. The molecule has 19 heavy (non-hydrogen) atoms. The lowest BCUT2D eigenvalue weighted by Gasteiger charge is -2.21. The Hall–Kier alpha value is -1.79. The largest absolute Gasteiger partial charge is 0.377 e. The predicted molar refractivity (Wildman–Crippen MR) is 79.8 cm³/mol. The van der Waals surface area contributed by atoms with E-state index in [0.29, 0.717) is 17.9 Å². The molecule has 98 valence electrons. The fourth-order valence-corrected chi connectivity index (χ4v) is 2.60. The highest BCUT2D eigenvalue weighted by atomic mass is 35.5. The molecule has 1 heterocycles. The quantitative estimate of drug-likeness (QED) is 0.856. The van der Waals surface area contributed by atoms with Gasteiger partial charge in [0.15, 0.2) is 0 Å². The summed E-state index contributed by atoms with van der Waals surface area (Å²) in [5.41, 5.74) is 4.01. The zero-order valence-electron chi connectivity index (χ0n) is 11.4. The monoisotopic (exact) mass is 273 g/mol. The second kappa shape index (κ2) is 5.46. The van der Waals surface area contributed by atoms with E-state index >= 15 is 0 Å². The first-order valence-electron chi connectivity index (χ1n) is 6.18. The zero-order chi connectivity index (χ0) is 14.0. The predicted octanol–water partition coefficient (Wildman–Crippen LogP) is 3.72. The van der Waals surface area contributed by atoms with Gasteiger partial charge < -0.3 is 4.90 Å². The van der Waals surface area contributed by atoms with E-state index in [1.165, 1.54) is 0 Å². The van der Waals surface area contributed by atoms with Gasteiger partial charge in [0.2, 0.25) is 0 Å². The molecule has 0 bridgehead atoms. The first kappa shape index (κ1) is 13.6. The lowest BCUT2D eigenvalue weighted by molar-refractivity contribution is 0.960. The summed E-state index contributed by atoms with van der Waals surface area (Å²) in [5, 5.41) is 10.5. The fourth-order valence-electron chi connectivity index (χ4n) is 2.38. The molecule has 2 aromatic rings. The van der Waals surface area contributed by atoms with Crippen LogP contribution in [0.4, 0.5) is 5.69 Å². The summed E-state index contributed by atoms with van der Waals surface area (Å²) in [6, 6.07) is 8.01. The van der Waals surface area contributed by atoms with Crippen LogP contribution in [0, 0.1) is 18.3 Å². The second-order valence-electron chi connectivity index (χ2n) is 4.71. The highest BCUT2D eigenvalue weighted by Crippen LogP contribution is 2.34. The van der Waals surface area contributed by atoms with Gasteiger partial charge in [-0.15, -0.1) is 0 Å². The molecule has 0 aliphatic rings. The lowest BCUT2D eigenvalue weighted by atomic mass is 10.0. The third-order valence-electron chi connectivity index (χ3n) is 3.18. The SMILES string of the molecule is Cc1nc2c(Cl)cccc2c(N(C)C)c1CCC#N. The molecule has 0 fully saturated rings. The molecule has 2 rings (SSSR count). The minimum atomic E-state index is 0.495. The van der Waals surface area contributed by atoms with Gasteiger partial charge in [0, 0.05) is 31.6 Å². The third kappa shape index (κ3) is 2.50. The minimum absolute atomic E-state index is 0.495. The van der Waals surface area contributed by atoms with Crippen LogP contribution in [0.1, 0.15) is 17.7 Å². The van der Waals surface area contributed by atoms with Gasteiger partial charge in [-0.1, -0.05) is 23.7 Å². The molecule has 0 atom stereocenters. The third-order valence-corrected chi connectivity index (χ3v) is 3.48. The summed E-state index contributed by atoms with van der Waals surface area (Å²) >= 11 is 6.23. The van der Waals surface area contributed by atoms with Crippen LogP contribution in [-0.2, 0) is 6.42 Å². The topological polar surface area (TPSA) is 39.9 Å². The van der Waals surface area contributed by atoms with E-state index < -0.39 is 0 Å². The zero-order valence-corrected chi connectivity index (χ0v) is 12.1. The standard InChI is InChI=1S/C15H16ClN3/c1-10-11(7-5-9-17)15(19(2)3)12-6-4-8-13(16)14(12)18-10/h4,6,8H,5,7H2,1-3H3. The van der Waals surface area contributed by atoms with E-state index in [-0.39, 0.29) is 0 Å². The highest BCUT2D eigenvalue weighted by Gasteiger charge is 2.15. The second-order valence-corrected chi connectivity index (χ2v) is 5.12. The Morgan fingerprint density at radius 1 is 1.37 bits per heavy atom. The smallest absolute Gasteiger partial charge is 0.0912 e. The van der Waals surface area contributed by atoms with Crippen molar-refractivity contribution in [3.05, 3.63) is 34.5 Å². The summed E-state index contributed by atoms with van der Waals surface area (Å²) in [4.78, 5) is 6.67. The number of halogens is 1. The molecule has 0 saturated heterocycles. The van der Waals surface area contributed by atoms with Gasteiger partial charge in [-0.3, -0.25) is 4.98 Å². The summed E-state index contributed by atoms with van der Waals surface area (Å²) in [6.07, 6.45) is 1.21. The van der Waals surface area contributed by atoms with Crippen LogP contribution < -0.4 is 4.90 Å². The molecule has 1 aromatic heterocycles. The first-order chi connectivity index (χ1) is 9.06. The number of pyridine rings is 1. The fraction of sp³-hybridized carbons (Fsp3) is 0.333. The maximum atomic E-state index is 8.80. The van der Waals surface area contributed by atoms with Crippen molar-refractivity contribution >= 4 is 28.2 Å². The molecule has 0 radical (unpaired) electrons. The molecular weight excluding hydrogens is 258 g/mol. The number of nitrogens with zero attached hydrogens (tertiary/aromatic N) is 3. The maximum Gasteiger partial charge on any atom is 0.0912 e. The molecule has 1 aromatic carbocycles. The van der Waals surface area contributed by atoms with Gasteiger partial charge in [0.1, 0.15) is 0 Å². The summed E-state index contributed by atoms with van der Waals surface area (Å²) in [5.74, 6) is 0. The number of fused-ring (bicyclic) bond motifs is 1. The number of aromatic nitrogens is 1. The molecule has 0 saturated carbocycles. The van der Waals surface area contributed by atoms with Crippen molar-refractivity contribution in [1.82, 2.24) is 4.98 Å². The number of hydrogen-bond donors (Lipinski definition) is 0. The molecule has 0 spiro atoms. The van der Waals surface area contributed by atoms with E-state index in [9.17, 15) is 0 Å². The molecular formula is C15H16ClN3. The van der Waals surface area contributed by atoms with E-state index in [0.717, 1.165) is 27.8 Å². The van der Waals surface area contributed by atoms with Gasteiger partial charge in [0.25, 0.3) is 0 Å². The molecule has 0 aliphatic carbocycles. The van der Waals surface area contributed by atoms with Crippen LogP contribution in [0.5, 0.6) is 0 Å². The Bertz CT molecular complexity index is 656.